The number of quaternary nitrogens is 1. The third-order valence-electron chi connectivity index (χ3n) is 7.83. The smallest absolute Gasteiger partial charge is 0.238 e. The van der Waals surface area contributed by atoms with Crippen LogP contribution in [0.1, 0.15) is 67.9 Å². The third kappa shape index (κ3) is 9.32. The molecule has 1 N–H and O–H groups in total. The van der Waals surface area contributed by atoms with Gasteiger partial charge in [0, 0.05) is 12.1 Å². The molecule has 0 aliphatic rings. The molecular weight excluding hydrogens is 477 g/mol. The van der Waals surface area contributed by atoms with Crippen molar-refractivity contribution in [3.63, 3.8) is 0 Å². The maximum absolute atomic E-state index is 13.7. The minimum atomic E-state index is -0.246. The Bertz CT molecular complexity index is 1040. The van der Waals surface area contributed by atoms with E-state index in [2.05, 4.69) is 31.0 Å². The van der Waals surface area contributed by atoms with Gasteiger partial charge in [-0.25, -0.2) is 4.39 Å². The average Bonchev–Trinajstić information content (AvgIpc) is 2.85. The van der Waals surface area contributed by atoms with Gasteiger partial charge in [0.25, 0.3) is 0 Å². The van der Waals surface area contributed by atoms with Crippen molar-refractivity contribution in [1.29, 1.82) is 0 Å². The number of halogens is 1. The van der Waals surface area contributed by atoms with Crippen molar-refractivity contribution in [1.82, 2.24) is 4.90 Å². The molecule has 38 heavy (non-hydrogen) atoms. The topological polar surface area (TPSA) is 49.4 Å². The maximum atomic E-state index is 13.7. The van der Waals surface area contributed by atoms with Crippen LogP contribution in [0.3, 0.4) is 0 Å². The molecule has 0 saturated carbocycles. The lowest BCUT2D eigenvalue weighted by molar-refractivity contribution is -0.919. The van der Waals surface area contributed by atoms with Crippen LogP contribution in [0.5, 0.6) is 0 Å². The van der Waals surface area contributed by atoms with Crippen LogP contribution in [0.15, 0.2) is 30.3 Å². The molecule has 0 aromatic heterocycles. The van der Waals surface area contributed by atoms with Crippen LogP contribution in [0, 0.1) is 33.5 Å². The van der Waals surface area contributed by atoms with Gasteiger partial charge in [-0.05, 0) is 107 Å². The zero-order valence-corrected chi connectivity index (χ0v) is 24.8. The van der Waals surface area contributed by atoms with Crippen molar-refractivity contribution in [3.05, 3.63) is 64.0 Å². The monoisotopic (exact) mass is 526 g/mol. The number of unbranched alkanes of at least 4 members (excludes halogenated alkanes) is 1. The quantitative estimate of drug-likeness (QED) is 0.211. The minimum absolute atomic E-state index is 0.0193. The molecule has 2 aromatic rings. The number of nitrogens with one attached hydrogen (secondary N) is 1. The van der Waals surface area contributed by atoms with Crippen LogP contribution in [-0.2, 0) is 16.0 Å². The van der Waals surface area contributed by atoms with E-state index in [0.29, 0.717) is 19.5 Å². The number of carbonyl (C=O) groups excluding carboxylic acids is 2. The summed E-state index contributed by atoms with van der Waals surface area (Å²) in [5.74, 6) is -0.00729. The van der Waals surface area contributed by atoms with E-state index < -0.39 is 0 Å². The summed E-state index contributed by atoms with van der Waals surface area (Å²) in [7, 11) is 0. The Hall–Kier alpha value is -2.57. The second-order valence-electron chi connectivity index (χ2n) is 10.9. The molecule has 6 heteroatoms. The summed E-state index contributed by atoms with van der Waals surface area (Å²) in [4.78, 5) is 28.1. The number of nitrogens with zero attached hydrogens (tertiary/aromatic N) is 2. The number of aryl methyl sites for hydroxylation is 4. The minimum Gasteiger partial charge on any atom is -0.324 e. The average molecular weight is 527 g/mol. The Labute approximate surface area is 230 Å². The first kappa shape index (κ1) is 31.6. The predicted octanol–water partition coefficient (Wildman–Crippen LogP) is 6.16. The standard InChI is InChI=1S/C32H48FN3O2/c1-8-17-36(10-3,23-29(37)21-30-26(6)19-28(33)20-27(30)7)18-12-11-16-35(9-2)22-31(38)34-32-24(4)14-13-15-25(32)5/h13-15,19-20H,8-12,16-18,21-23H2,1-7H3/p+1. The van der Waals surface area contributed by atoms with Crippen LogP contribution in [-0.4, -0.2) is 66.9 Å². The normalized spacial score (nSPS) is 13.0. The Morgan fingerprint density at radius 2 is 1.55 bits per heavy atom. The summed E-state index contributed by atoms with van der Waals surface area (Å²) in [6, 6.07) is 9.07. The number of hydrogen-bond acceptors (Lipinski definition) is 3. The Kier molecular flexibility index (Phi) is 12.6. The van der Waals surface area contributed by atoms with E-state index in [-0.39, 0.29) is 17.5 Å². The highest BCUT2D eigenvalue weighted by atomic mass is 19.1. The summed E-state index contributed by atoms with van der Waals surface area (Å²) in [5, 5.41) is 3.09. The fourth-order valence-electron chi connectivity index (χ4n) is 5.54. The third-order valence-corrected chi connectivity index (χ3v) is 7.83. The number of likely N-dealkylation sites (N-methyl/N-ethyl adjacent to an activating group) is 2. The summed E-state index contributed by atoms with van der Waals surface area (Å²) >= 11 is 0. The molecule has 1 amide bonds. The van der Waals surface area contributed by atoms with Gasteiger partial charge in [0.15, 0.2) is 5.78 Å². The molecule has 1 atom stereocenters. The lowest BCUT2D eigenvalue weighted by Crippen LogP contribution is -2.52. The van der Waals surface area contributed by atoms with E-state index in [9.17, 15) is 14.0 Å². The largest absolute Gasteiger partial charge is 0.324 e. The number of ketones is 1. The Morgan fingerprint density at radius 3 is 2.11 bits per heavy atom. The van der Waals surface area contributed by atoms with Crippen molar-refractivity contribution >= 4 is 17.4 Å². The van der Waals surface area contributed by atoms with Gasteiger partial charge in [-0.3, -0.25) is 14.5 Å². The molecule has 2 rings (SSSR count). The zero-order valence-electron chi connectivity index (χ0n) is 24.8. The molecule has 0 radical (unpaired) electrons. The summed E-state index contributed by atoms with van der Waals surface area (Å²) in [5.41, 5.74) is 5.72. The molecular formula is C32H49FN3O2+. The van der Waals surface area contributed by atoms with Crippen molar-refractivity contribution in [3.8, 4) is 0 Å². The van der Waals surface area contributed by atoms with Gasteiger partial charge < -0.3 is 9.80 Å². The van der Waals surface area contributed by atoms with Gasteiger partial charge in [-0.1, -0.05) is 32.0 Å². The van der Waals surface area contributed by atoms with E-state index in [0.717, 1.165) is 90.0 Å². The molecule has 1 unspecified atom stereocenters. The molecule has 210 valence electrons. The highest BCUT2D eigenvalue weighted by Gasteiger charge is 2.28. The van der Waals surface area contributed by atoms with E-state index in [1.807, 2.05) is 45.9 Å². The van der Waals surface area contributed by atoms with E-state index in [1.54, 1.807) is 0 Å². The van der Waals surface area contributed by atoms with Crippen molar-refractivity contribution in [2.24, 2.45) is 0 Å². The molecule has 0 aliphatic heterocycles. The molecule has 0 saturated heterocycles. The number of anilines is 1. The zero-order chi connectivity index (χ0) is 28.3. The second kappa shape index (κ2) is 15.1. The van der Waals surface area contributed by atoms with Crippen LogP contribution in [0.2, 0.25) is 0 Å². The molecule has 0 heterocycles. The molecule has 0 bridgehead atoms. The number of hydrogen-bond donors (Lipinski definition) is 1. The fourth-order valence-corrected chi connectivity index (χ4v) is 5.54. The summed E-state index contributed by atoms with van der Waals surface area (Å²) < 4.78 is 14.5. The van der Waals surface area contributed by atoms with E-state index >= 15 is 0 Å². The maximum Gasteiger partial charge on any atom is 0.238 e. The van der Waals surface area contributed by atoms with Crippen molar-refractivity contribution in [2.45, 2.75) is 74.1 Å². The lowest BCUT2D eigenvalue weighted by atomic mass is 9.97. The molecule has 0 aliphatic carbocycles. The van der Waals surface area contributed by atoms with E-state index in [1.165, 1.54) is 12.1 Å². The number of para-hydroxylation sites is 1. The first-order valence-electron chi connectivity index (χ1n) is 14.2. The molecule has 0 spiro atoms. The number of rotatable bonds is 16. The lowest BCUT2D eigenvalue weighted by Gasteiger charge is -2.37. The Morgan fingerprint density at radius 1 is 0.921 bits per heavy atom. The van der Waals surface area contributed by atoms with Crippen LogP contribution in [0.4, 0.5) is 10.1 Å². The fraction of sp³-hybridized carbons (Fsp3) is 0.562. The number of benzene rings is 2. The van der Waals surface area contributed by atoms with Gasteiger partial charge in [0.2, 0.25) is 5.91 Å². The summed E-state index contributed by atoms with van der Waals surface area (Å²) in [6.45, 7) is 19.6. The first-order valence-corrected chi connectivity index (χ1v) is 14.2. The first-order chi connectivity index (χ1) is 18.0. The highest BCUT2D eigenvalue weighted by Crippen LogP contribution is 2.20. The number of amides is 1. The summed E-state index contributed by atoms with van der Waals surface area (Å²) in [6.07, 6.45) is 3.37. The van der Waals surface area contributed by atoms with Crippen LogP contribution in [0.25, 0.3) is 0 Å². The number of Topliss-reactive ketones (excluding diaryl/α,β-unsaturated/α-hetero) is 1. The number of carbonyl (C=O) groups is 2. The van der Waals surface area contributed by atoms with Crippen molar-refractivity contribution in [2.75, 3.05) is 51.1 Å². The molecule has 2 aromatic carbocycles. The molecule has 5 nitrogen and oxygen atoms in total. The Balaban J connectivity index is 1.92. The van der Waals surface area contributed by atoms with Crippen LogP contribution >= 0.6 is 0 Å². The SMILES string of the molecule is CCC[N+](CC)(CCCCN(CC)CC(=O)Nc1c(C)cccc1C)CC(=O)Cc1c(C)cc(F)cc1C. The van der Waals surface area contributed by atoms with Crippen LogP contribution < -0.4 is 5.32 Å². The van der Waals surface area contributed by atoms with E-state index in [4.69, 9.17) is 0 Å². The predicted molar refractivity (Wildman–Crippen MR) is 156 cm³/mol. The van der Waals surface area contributed by atoms with Gasteiger partial charge in [-0.2, -0.15) is 0 Å². The second-order valence-corrected chi connectivity index (χ2v) is 10.9. The van der Waals surface area contributed by atoms with Gasteiger partial charge >= 0.3 is 0 Å². The van der Waals surface area contributed by atoms with Crippen molar-refractivity contribution < 1.29 is 18.5 Å². The van der Waals surface area contributed by atoms with Gasteiger partial charge in [0.05, 0.1) is 26.2 Å². The molecule has 0 fully saturated rings. The highest BCUT2D eigenvalue weighted by molar-refractivity contribution is 5.93. The van der Waals surface area contributed by atoms with Gasteiger partial charge in [0.1, 0.15) is 12.4 Å². The van der Waals surface area contributed by atoms with Gasteiger partial charge in [-0.15, -0.1) is 0 Å².